The van der Waals surface area contributed by atoms with Crippen LogP contribution in [0.4, 0.5) is 5.69 Å². The lowest BCUT2D eigenvalue weighted by molar-refractivity contribution is -0.384. The minimum absolute atomic E-state index is 0.0258. The Morgan fingerprint density at radius 2 is 2.05 bits per heavy atom. The van der Waals surface area contributed by atoms with E-state index in [1.807, 2.05) is 32.8 Å². The molecule has 1 amide bonds. The molecular formula is C14H20ClN3O3. The number of halogens is 1. The van der Waals surface area contributed by atoms with Crippen LogP contribution >= 0.6 is 11.6 Å². The lowest BCUT2D eigenvalue weighted by Crippen LogP contribution is -2.43. The van der Waals surface area contributed by atoms with E-state index in [2.05, 4.69) is 0 Å². The van der Waals surface area contributed by atoms with E-state index in [4.69, 9.17) is 11.6 Å². The molecule has 0 aromatic heterocycles. The second-order valence-corrected chi connectivity index (χ2v) is 5.53. The molecule has 0 aliphatic carbocycles. The van der Waals surface area contributed by atoms with E-state index in [9.17, 15) is 14.9 Å². The van der Waals surface area contributed by atoms with Crippen LogP contribution in [0.15, 0.2) is 18.2 Å². The maximum Gasteiger partial charge on any atom is 0.287 e. The number of nitro benzene ring substituents is 1. The van der Waals surface area contributed by atoms with Crippen molar-refractivity contribution in [2.24, 2.45) is 0 Å². The fourth-order valence-electron chi connectivity index (χ4n) is 2.24. The average molecular weight is 314 g/mol. The summed E-state index contributed by atoms with van der Waals surface area (Å²) in [6, 6.07) is 4.09. The first-order valence-corrected chi connectivity index (χ1v) is 7.05. The standard InChI is InChI=1S/C14H20ClN3O3/c1-5-17(10(2)9-16(3)4)14(19)11-6-7-13(18(20)21)12(15)8-11/h6-8,10H,5,9H2,1-4H3. The van der Waals surface area contributed by atoms with Gasteiger partial charge in [-0.2, -0.15) is 0 Å². The predicted molar refractivity (Wildman–Crippen MR) is 82.8 cm³/mol. The molecule has 1 aromatic carbocycles. The second-order valence-electron chi connectivity index (χ2n) is 5.13. The fourth-order valence-corrected chi connectivity index (χ4v) is 2.49. The molecule has 1 atom stereocenters. The largest absolute Gasteiger partial charge is 0.335 e. The number of carbonyl (C=O) groups is 1. The summed E-state index contributed by atoms with van der Waals surface area (Å²) in [4.78, 5) is 26.4. The Balaban J connectivity index is 3.00. The number of hydrogen-bond donors (Lipinski definition) is 0. The highest BCUT2D eigenvalue weighted by Gasteiger charge is 2.22. The average Bonchev–Trinajstić information content (AvgIpc) is 2.37. The van der Waals surface area contributed by atoms with Gasteiger partial charge in [-0.1, -0.05) is 11.6 Å². The molecule has 116 valence electrons. The fraction of sp³-hybridized carbons (Fsp3) is 0.500. The third-order valence-corrected chi connectivity index (χ3v) is 3.46. The molecule has 21 heavy (non-hydrogen) atoms. The summed E-state index contributed by atoms with van der Waals surface area (Å²) >= 11 is 5.86. The molecule has 1 unspecified atom stereocenters. The highest BCUT2D eigenvalue weighted by molar-refractivity contribution is 6.33. The molecule has 0 heterocycles. The summed E-state index contributed by atoms with van der Waals surface area (Å²) in [5.74, 6) is -0.177. The molecule has 0 saturated heterocycles. The van der Waals surface area contributed by atoms with E-state index in [1.54, 1.807) is 4.90 Å². The van der Waals surface area contributed by atoms with Gasteiger partial charge in [-0.15, -0.1) is 0 Å². The summed E-state index contributed by atoms with van der Waals surface area (Å²) in [5, 5.41) is 10.7. The van der Waals surface area contributed by atoms with Crippen LogP contribution in [-0.4, -0.2) is 53.9 Å². The van der Waals surface area contributed by atoms with E-state index < -0.39 is 4.92 Å². The Hall–Kier alpha value is -1.66. The van der Waals surface area contributed by atoms with Gasteiger partial charge < -0.3 is 9.80 Å². The van der Waals surface area contributed by atoms with Crippen LogP contribution < -0.4 is 0 Å². The van der Waals surface area contributed by atoms with Crippen molar-refractivity contribution in [3.8, 4) is 0 Å². The van der Waals surface area contributed by atoms with Crippen molar-refractivity contribution >= 4 is 23.2 Å². The molecule has 0 radical (unpaired) electrons. The molecule has 0 bridgehead atoms. The summed E-state index contributed by atoms with van der Waals surface area (Å²) in [6.07, 6.45) is 0. The molecule has 1 aromatic rings. The van der Waals surface area contributed by atoms with Gasteiger partial charge in [0.2, 0.25) is 0 Å². The van der Waals surface area contributed by atoms with Gasteiger partial charge in [0.1, 0.15) is 5.02 Å². The SMILES string of the molecule is CCN(C(=O)c1ccc([N+](=O)[O-])c(Cl)c1)C(C)CN(C)C. The number of benzene rings is 1. The van der Waals surface area contributed by atoms with E-state index in [-0.39, 0.29) is 22.7 Å². The molecule has 0 fully saturated rings. The Morgan fingerprint density at radius 1 is 1.43 bits per heavy atom. The molecule has 1 rings (SSSR count). The number of nitro groups is 1. The molecule has 0 spiro atoms. The highest BCUT2D eigenvalue weighted by Crippen LogP contribution is 2.25. The minimum atomic E-state index is -0.567. The van der Waals surface area contributed by atoms with Crippen LogP contribution in [0.2, 0.25) is 5.02 Å². The highest BCUT2D eigenvalue weighted by atomic mass is 35.5. The molecule has 0 aliphatic rings. The van der Waals surface area contributed by atoms with Crippen LogP contribution in [0.3, 0.4) is 0 Å². The van der Waals surface area contributed by atoms with Gasteiger partial charge >= 0.3 is 0 Å². The van der Waals surface area contributed by atoms with Gasteiger partial charge in [0.05, 0.1) is 4.92 Å². The van der Waals surface area contributed by atoms with Crippen molar-refractivity contribution in [1.82, 2.24) is 9.80 Å². The van der Waals surface area contributed by atoms with Crippen LogP contribution in [0.5, 0.6) is 0 Å². The van der Waals surface area contributed by atoms with Gasteiger partial charge in [-0.25, -0.2) is 0 Å². The van der Waals surface area contributed by atoms with Gasteiger partial charge in [0.15, 0.2) is 0 Å². The van der Waals surface area contributed by atoms with Crippen molar-refractivity contribution in [2.75, 3.05) is 27.2 Å². The Labute approximate surface area is 129 Å². The van der Waals surface area contributed by atoms with Gasteiger partial charge in [0, 0.05) is 30.8 Å². The number of hydrogen-bond acceptors (Lipinski definition) is 4. The van der Waals surface area contributed by atoms with E-state index in [1.165, 1.54) is 18.2 Å². The molecule has 7 heteroatoms. The van der Waals surface area contributed by atoms with Gasteiger partial charge in [0.25, 0.3) is 11.6 Å². The van der Waals surface area contributed by atoms with Crippen LogP contribution in [0.1, 0.15) is 24.2 Å². The number of rotatable bonds is 6. The van der Waals surface area contributed by atoms with Crippen LogP contribution in [-0.2, 0) is 0 Å². The second kappa shape index (κ2) is 7.38. The lowest BCUT2D eigenvalue weighted by atomic mass is 10.1. The maximum atomic E-state index is 12.5. The zero-order valence-electron chi connectivity index (χ0n) is 12.7. The van der Waals surface area contributed by atoms with Crippen LogP contribution in [0, 0.1) is 10.1 Å². The van der Waals surface area contributed by atoms with Crippen molar-refractivity contribution in [2.45, 2.75) is 19.9 Å². The maximum absolute atomic E-state index is 12.5. The van der Waals surface area contributed by atoms with Crippen LogP contribution in [0.25, 0.3) is 0 Å². The molecule has 0 N–H and O–H groups in total. The molecular weight excluding hydrogens is 294 g/mol. The van der Waals surface area contributed by atoms with E-state index in [0.717, 1.165) is 6.54 Å². The molecule has 0 aliphatic heterocycles. The predicted octanol–water partition coefficient (Wildman–Crippen LogP) is 2.66. The Bertz CT molecular complexity index is 534. The third kappa shape index (κ3) is 4.41. The van der Waals surface area contributed by atoms with Gasteiger partial charge in [-0.3, -0.25) is 14.9 Å². The number of likely N-dealkylation sites (N-methyl/N-ethyl adjacent to an activating group) is 2. The zero-order valence-corrected chi connectivity index (χ0v) is 13.4. The summed E-state index contributed by atoms with van der Waals surface area (Å²) < 4.78 is 0. The van der Waals surface area contributed by atoms with Gasteiger partial charge in [-0.05, 0) is 40.1 Å². The topological polar surface area (TPSA) is 66.7 Å². The smallest absolute Gasteiger partial charge is 0.287 e. The van der Waals surface area contributed by atoms with Crippen molar-refractivity contribution in [3.63, 3.8) is 0 Å². The summed E-state index contributed by atoms with van der Waals surface area (Å²) in [7, 11) is 3.88. The van der Waals surface area contributed by atoms with Crippen molar-refractivity contribution < 1.29 is 9.72 Å². The Morgan fingerprint density at radius 3 is 2.48 bits per heavy atom. The monoisotopic (exact) mass is 313 g/mol. The van der Waals surface area contributed by atoms with Crippen molar-refractivity contribution in [3.05, 3.63) is 38.9 Å². The summed E-state index contributed by atoms with van der Waals surface area (Å²) in [6.45, 7) is 5.16. The number of amides is 1. The number of carbonyl (C=O) groups excluding carboxylic acids is 1. The first-order chi connectivity index (χ1) is 9.77. The van der Waals surface area contributed by atoms with Crippen molar-refractivity contribution in [1.29, 1.82) is 0 Å². The first kappa shape index (κ1) is 17.4. The summed E-state index contributed by atoms with van der Waals surface area (Å²) in [5.41, 5.74) is 0.163. The quantitative estimate of drug-likeness (QED) is 0.598. The van der Waals surface area contributed by atoms with E-state index >= 15 is 0 Å². The third-order valence-electron chi connectivity index (χ3n) is 3.15. The zero-order chi connectivity index (χ0) is 16.2. The molecule has 0 saturated carbocycles. The molecule has 6 nitrogen and oxygen atoms in total. The number of nitrogens with zero attached hydrogens (tertiary/aromatic N) is 3. The first-order valence-electron chi connectivity index (χ1n) is 6.67. The normalized spacial score (nSPS) is 12.3. The minimum Gasteiger partial charge on any atom is -0.335 e. The Kier molecular flexibility index (Phi) is 6.11. The lowest BCUT2D eigenvalue weighted by Gasteiger charge is -2.30. The van der Waals surface area contributed by atoms with E-state index in [0.29, 0.717) is 12.1 Å².